The van der Waals surface area contributed by atoms with Crippen molar-refractivity contribution in [2.24, 2.45) is 0 Å². The Hall–Kier alpha value is -2.84. The smallest absolute Gasteiger partial charge is 0.269 e. The Bertz CT molecular complexity index is 934. The van der Waals surface area contributed by atoms with Gasteiger partial charge in [0.05, 0.1) is 0 Å². The van der Waals surface area contributed by atoms with Gasteiger partial charge in [-0.2, -0.15) is 0 Å². The van der Waals surface area contributed by atoms with E-state index in [-0.39, 0.29) is 5.91 Å². The van der Waals surface area contributed by atoms with E-state index in [4.69, 9.17) is 17.3 Å². The summed E-state index contributed by atoms with van der Waals surface area (Å²) >= 11 is 9.21. The highest BCUT2D eigenvalue weighted by Gasteiger charge is 2.10. The zero-order chi connectivity index (χ0) is 19.2. The first-order chi connectivity index (χ1) is 13.0. The van der Waals surface area contributed by atoms with Gasteiger partial charge in [-0.1, -0.05) is 39.7 Å². The van der Waals surface area contributed by atoms with Crippen molar-refractivity contribution >= 4 is 50.8 Å². The van der Waals surface area contributed by atoms with Gasteiger partial charge in [-0.3, -0.25) is 15.6 Å². The lowest BCUT2D eigenvalue weighted by Crippen LogP contribution is -2.30. The largest absolute Gasteiger partial charge is 0.393 e. The third-order valence-corrected chi connectivity index (χ3v) is 4.44. The van der Waals surface area contributed by atoms with Crippen molar-refractivity contribution < 1.29 is 4.79 Å². The molecule has 0 saturated carbocycles. The monoisotopic (exact) mass is 446 g/mol. The predicted molar refractivity (Wildman–Crippen MR) is 110 cm³/mol. The van der Waals surface area contributed by atoms with Crippen molar-refractivity contribution in [3.05, 3.63) is 75.5 Å². The highest BCUT2D eigenvalue weighted by Crippen LogP contribution is 2.22. The van der Waals surface area contributed by atoms with Gasteiger partial charge in [0.25, 0.3) is 5.91 Å². The molecule has 0 fully saturated rings. The van der Waals surface area contributed by atoms with Crippen LogP contribution in [0.25, 0.3) is 0 Å². The standard InChI is InChI=1S/C18H16BrClN6O/c19-13-5-3-12(4-6-13)18(27)26-25-17-15(21)16(23-10-24-17)22-9-11-1-7-14(20)8-2-11/h1-8,10H,9,21H2,(H,26,27)(H2,22,23,24,25). The van der Waals surface area contributed by atoms with Crippen molar-refractivity contribution in [2.45, 2.75) is 6.54 Å². The number of nitrogen functional groups attached to an aromatic ring is 1. The number of anilines is 3. The van der Waals surface area contributed by atoms with Gasteiger partial charge in [-0.15, -0.1) is 0 Å². The van der Waals surface area contributed by atoms with Crippen molar-refractivity contribution in [1.29, 1.82) is 0 Å². The minimum atomic E-state index is -0.309. The quantitative estimate of drug-likeness (QED) is 0.428. The van der Waals surface area contributed by atoms with E-state index in [1.807, 2.05) is 24.3 Å². The first-order valence-corrected chi connectivity index (χ1v) is 9.11. The molecule has 27 heavy (non-hydrogen) atoms. The normalized spacial score (nSPS) is 10.3. The van der Waals surface area contributed by atoms with Crippen LogP contribution < -0.4 is 21.9 Å². The molecule has 0 radical (unpaired) electrons. The molecular formula is C18H16BrClN6O. The maximum absolute atomic E-state index is 12.2. The van der Waals surface area contributed by atoms with Crippen LogP contribution in [-0.2, 0) is 6.54 Å². The van der Waals surface area contributed by atoms with Gasteiger partial charge in [-0.05, 0) is 42.0 Å². The average Bonchev–Trinajstić information content (AvgIpc) is 2.68. The van der Waals surface area contributed by atoms with Crippen molar-refractivity contribution in [1.82, 2.24) is 15.4 Å². The molecular weight excluding hydrogens is 432 g/mol. The van der Waals surface area contributed by atoms with Gasteiger partial charge in [-0.25, -0.2) is 9.97 Å². The van der Waals surface area contributed by atoms with Gasteiger partial charge < -0.3 is 11.1 Å². The molecule has 1 aromatic heterocycles. The van der Waals surface area contributed by atoms with E-state index in [9.17, 15) is 4.79 Å². The van der Waals surface area contributed by atoms with Crippen LogP contribution >= 0.6 is 27.5 Å². The molecule has 9 heteroatoms. The topological polar surface area (TPSA) is 105 Å². The van der Waals surface area contributed by atoms with Crippen LogP contribution in [0.2, 0.25) is 5.02 Å². The maximum Gasteiger partial charge on any atom is 0.269 e. The summed E-state index contributed by atoms with van der Waals surface area (Å²) in [5.41, 5.74) is 13.2. The Kier molecular flexibility index (Phi) is 6.10. The predicted octanol–water partition coefficient (Wildman–Crippen LogP) is 3.84. The number of carbonyl (C=O) groups is 1. The number of benzene rings is 2. The lowest BCUT2D eigenvalue weighted by atomic mass is 10.2. The molecule has 0 atom stereocenters. The lowest BCUT2D eigenvalue weighted by Gasteiger charge is -2.13. The number of amides is 1. The molecule has 0 spiro atoms. The fraction of sp³-hybridized carbons (Fsp3) is 0.0556. The first kappa shape index (κ1) is 18.9. The molecule has 1 heterocycles. The summed E-state index contributed by atoms with van der Waals surface area (Å²) in [4.78, 5) is 20.4. The highest BCUT2D eigenvalue weighted by atomic mass is 79.9. The zero-order valence-electron chi connectivity index (χ0n) is 14.0. The lowest BCUT2D eigenvalue weighted by molar-refractivity contribution is 0.0962. The number of hydrogen-bond acceptors (Lipinski definition) is 6. The van der Waals surface area contributed by atoms with Gasteiger partial charge in [0.1, 0.15) is 12.0 Å². The van der Waals surface area contributed by atoms with E-state index in [0.29, 0.717) is 34.5 Å². The molecule has 0 aliphatic carbocycles. The molecule has 3 rings (SSSR count). The Balaban J connectivity index is 1.63. The van der Waals surface area contributed by atoms with Gasteiger partial charge in [0, 0.05) is 21.6 Å². The number of hydrazine groups is 1. The molecule has 0 unspecified atom stereocenters. The highest BCUT2D eigenvalue weighted by molar-refractivity contribution is 9.10. The van der Waals surface area contributed by atoms with E-state index in [2.05, 4.69) is 42.1 Å². The Morgan fingerprint density at radius 1 is 1.04 bits per heavy atom. The number of nitrogens with one attached hydrogen (secondary N) is 3. The van der Waals surface area contributed by atoms with Crippen molar-refractivity contribution in [2.75, 3.05) is 16.5 Å². The number of rotatable bonds is 6. The first-order valence-electron chi connectivity index (χ1n) is 7.93. The summed E-state index contributed by atoms with van der Waals surface area (Å²) in [6.07, 6.45) is 1.36. The SMILES string of the molecule is Nc1c(NCc2ccc(Cl)cc2)ncnc1NNC(=O)c1ccc(Br)cc1. The minimum Gasteiger partial charge on any atom is -0.393 e. The number of carbonyl (C=O) groups excluding carboxylic acids is 1. The Morgan fingerprint density at radius 2 is 1.70 bits per heavy atom. The zero-order valence-corrected chi connectivity index (χ0v) is 16.4. The second kappa shape index (κ2) is 8.70. The van der Waals surface area contributed by atoms with E-state index in [0.717, 1.165) is 10.0 Å². The summed E-state index contributed by atoms with van der Waals surface area (Å²) in [7, 11) is 0. The number of halogens is 2. The number of nitrogens with two attached hydrogens (primary N) is 1. The molecule has 0 aliphatic heterocycles. The maximum atomic E-state index is 12.2. The summed E-state index contributed by atoms with van der Waals surface area (Å²) in [6, 6.07) is 14.4. The summed E-state index contributed by atoms with van der Waals surface area (Å²) < 4.78 is 0.892. The molecule has 5 N–H and O–H groups in total. The third-order valence-electron chi connectivity index (χ3n) is 3.66. The van der Waals surface area contributed by atoms with Gasteiger partial charge in [0.15, 0.2) is 11.6 Å². The summed E-state index contributed by atoms with van der Waals surface area (Å²) in [6.45, 7) is 0.517. The minimum absolute atomic E-state index is 0.294. The van der Waals surface area contributed by atoms with Gasteiger partial charge in [0.2, 0.25) is 0 Å². The second-order valence-electron chi connectivity index (χ2n) is 5.55. The van der Waals surface area contributed by atoms with Crippen LogP contribution in [0.15, 0.2) is 59.3 Å². The van der Waals surface area contributed by atoms with Crippen LogP contribution in [0.1, 0.15) is 15.9 Å². The summed E-state index contributed by atoms with van der Waals surface area (Å²) in [5, 5.41) is 3.81. The number of nitrogens with zero attached hydrogens (tertiary/aromatic N) is 2. The molecule has 1 amide bonds. The third kappa shape index (κ3) is 5.08. The van der Waals surface area contributed by atoms with E-state index in [1.165, 1.54) is 6.33 Å². The van der Waals surface area contributed by atoms with Crippen LogP contribution in [0.4, 0.5) is 17.3 Å². The molecule has 0 aliphatic rings. The molecule has 2 aromatic carbocycles. The second-order valence-corrected chi connectivity index (χ2v) is 6.90. The van der Waals surface area contributed by atoms with Gasteiger partial charge >= 0.3 is 0 Å². The Labute approximate surface area is 169 Å². The fourth-order valence-corrected chi connectivity index (χ4v) is 2.60. The van der Waals surface area contributed by atoms with E-state index in [1.54, 1.807) is 24.3 Å². The molecule has 3 aromatic rings. The molecule has 7 nitrogen and oxygen atoms in total. The number of hydrogen-bond donors (Lipinski definition) is 4. The van der Waals surface area contributed by atoms with E-state index >= 15 is 0 Å². The number of aromatic nitrogens is 2. The fourth-order valence-electron chi connectivity index (χ4n) is 2.21. The van der Waals surface area contributed by atoms with Crippen LogP contribution in [0.3, 0.4) is 0 Å². The average molecular weight is 448 g/mol. The summed E-state index contributed by atoms with van der Waals surface area (Å²) in [5.74, 6) is 0.450. The van der Waals surface area contributed by atoms with Crippen LogP contribution in [0, 0.1) is 0 Å². The van der Waals surface area contributed by atoms with Crippen molar-refractivity contribution in [3.8, 4) is 0 Å². The van der Waals surface area contributed by atoms with Crippen LogP contribution in [-0.4, -0.2) is 15.9 Å². The molecule has 0 bridgehead atoms. The van der Waals surface area contributed by atoms with Crippen molar-refractivity contribution in [3.63, 3.8) is 0 Å². The van der Waals surface area contributed by atoms with E-state index < -0.39 is 0 Å². The molecule has 0 saturated heterocycles. The van der Waals surface area contributed by atoms with Crippen LogP contribution in [0.5, 0.6) is 0 Å². The Morgan fingerprint density at radius 3 is 2.41 bits per heavy atom. The molecule has 138 valence electrons.